The summed E-state index contributed by atoms with van der Waals surface area (Å²) in [6.45, 7) is 2.93. The molecule has 1 aromatic heterocycles. The maximum atomic E-state index is 6.00. The van der Waals surface area contributed by atoms with Crippen LogP contribution in [-0.4, -0.2) is 22.7 Å². The van der Waals surface area contributed by atoms with E-state index in [1.54, 1.807) is 6.07 Å². The summed E-state index contributed by atoms with van der Waals surface area (Å²) in [6, 6.07) is 1.74. The molecule has 0 radical (unpaired) electrons. The van der Waals surface area contributed by atoms with Crippen LogP contribution in [0.25, 0.3) is 0 Å². The van der Waals surface area contributed by atoms with Crippen molar-refractivity contribution in [3.63, 3.8) is 0 Å². The molecular formula is C14H24N4O2. The molecule has 1 aliphatic carbocycles. The van der Waals surface area contributed by atoms with Crippen LogP contribution in [0.15, 0.2) is 6.07 Å². The van der Waals surface area contributed by atoms with Crippen LogP contribution in [0.1, 0.15) is 51.3 Å². The first-order valence-electron chi connectivity index (χ1n) is 7.40. The third kappa shape index (κ3) is 4.61. The van der Waals surface area contributed by atoms with Crippen LogP contribution in [0.4, 0.5) is 5.82 Å². The maximum absolute atomic E-state index is 6.00. The molecule has 0 aromatic carbocycles. The van der Waals surface area contributed by atoms with Gasteiger partial charge in [-0.05, 0) is 32.6 Å². The van der Waals surface area contributed by atoms with E-state index in [4.69, 9.17) is 15.3 Å². The van der Waals surface area contributed by atoms with Gasteiger partial charge in [-0.3, -0.25) is 0 Å². The van der Waals surface area contributed by atoms with Gasteiger partial charge in [-0.1, -0.05) is 12.8 Å². The number of aromatic nitrogens is 2. The molecule has 0 saturated heterocycles. The number of ether oxygens (including phenoxy) is 2. The lowest BCUT2D eigenvalue weighted by Gasteiger charge is -2.17. The summed E-state index contributed by atoms with van der Waals surface area (Å²) in [6.07, 6.45) is 7.49. The van der Waals surface area contributed by atoms with E-state index in [0.717, 1.165) is 12.8 Å². The van der Waals surface area contributed by atoms with Crippen LogP contribution in [0.3, 0.4) is 0 Å². The van der Waals surface area contributed by atoms with Gasteiger partial charge in [0.1, 0.15) is 18.5 Å². The van der Waals surface area contributed by atoms with Crippen molar-refractivity contribution in [2.24, 2.45) is 5.84 Å². The van der Waals surface area contributed by atoms with Crippen molar-refractivity contribution in [3.8, 4) is 5.88 Å². The Balaban J connectivity index is 2.04. The van der Waals surface area contributed by atoms with Crippen molar-refractivity contribution in [1.82, 2.24) is 9.97 Å². The summed E-state index contributed by atoms with van der Waals surface area (Å²) in [5, 5.41) is 0. The molecular weight excluding hydrogens is 256 g/mol. The predicted octanol–water partition coefficient (Wildman–Crippen LogP) is 2.40. The van der Waals surface area contributed by atoms with Crippen molar-refractivity contribution in [2.45, 2.75) is 58.2 Å². The zero-order valence-electron chi connectivity index (χ0n) is 12.1. The van der Waals surface area contributed by atoms with Crippen molar-refractivity contribution in [1.29, 1.82) is 0 Å². The Bertz CT molecular complexity index is 406. The number of rotatable bonds is 6. The molecule has 0 spiro atoms. The summed E-state index contributed by atoms with van der Waals surface area (Å²) in [5.74, 6) is 7.16. The quantitative estimate of drug-likeness (QED) is 0.473. The van der Waals surface area contributed by atoms with Gasteiger partial charge in [0.25, 0.3) is 0 Å². The summed E-state index contributed by atoms with van der Waals surface area (Å²) in [5.41, 5.74) is 2.55. The van der Waals surface area contributed by atoms with Gasteiger partial charge in [0.05, 0.1) is 0 Å². The highest BCUT2D eigenvalue weighted by Gasteiger charge is 2.15. The summed E-state index contributed by atoms with van der Waals surface area (Å²) < 4.78 is 11.3. The van der Waals surface area contributed by atoms with Crippen LogP contribution in [0.2, 0.25) is 0 Å². The third-order valence-corrected chi connectivity index (χ3v) is 3.42. The van der Waals surface area contributed by atoms with Crippen LogP contribution in [0, 0.1) is 0 Å². The van der Waals surface area contributed by atoms with E-state index in [0.29, 0.717) is 30.7 Å². The molecule has 1 fully saturated rings. The molecule has 0 aliphatic heterocycles. The largest absolute Gasteiger partial charge is 0.474 e. The topological polar surface area (TPSA) is 82.3 Å². The number of hydrogen-bond donors (Lipinski definition) is 2. The highest BCUT2D eigenvalue weighted by atomic mass is 16.5. The first-order chi connectivity index (χ1) is 9.81. The van der Waals surface area contributed by atoms with Crippen LogP contribution < -0.4 is 16.0 Å². The molecule has 3 N–H and O–H groups in total. The van der Waals surface area contributed by atoms with E-state index >= 15 is 0 Å². The molecule has 1 saturated carbocycles. The highest BCUT2D eigenvalue weighted by Crippen LogP contribution is 2.23. The number of nitrogen functional groups attached to an aromatic ring is 1. The van der Waals surface area contributed by atoms with Gasteiger partial charge in [0.15, 0.2) is 5.82 Å². The molecule has 20 heavy (non-hydrogen) atoms. The Kier molecular flexibility index (Phi) is 6.01. The second kappa shape index (κ2) is 8.01. The predicted molar refractivity (Wildman–Crippen MR) is 77.3 cm³/mol. The van der Waals surface area contributed by atoms with Gasteiger partial charge in [-0.25, -0.2) is 10.8 Å². The molecule has 6 nitrogen and oxygen atoms in total. The number of hydrazine groups is 1. The SMILES string of the molecule is CCOCc1nc(NN)cc(OC2CCCCCC2)n1. The number of hydrogen-bond acceptors (Lipinski definition) is 6. The van der Waals surface area contributed by atoms with E-state index in [9.17, 15) is 0 Å². The Morgan fingerprint density at radius 2 is 2.00 bits per heavy atom. The molecule has 112 valence electrons. The van der Waals surface area contributed by atoms with Gasteiger partial charge in [0, 0.05) is 12.7 Å². The van der Waals surface area contributed by atoms with Gasteiger partial charge < -0.3 is 14.9 Å². The summed E-state index contributed by atoms with van der Waals surface area (Å²) in [7, 11) is 0. The summed E-state index contributed by atoms with van der Waals surface area (Å²) >= 11 is 0. The maximum Gasteiger partial charge on any atom is 0.219 e. The first-order valence-corrected chi connectivity index (χ1v) is 7.40. The van der Waals surface area contributed by atoms with Gasteiger partial charge in [-0.15, -0.1) is 0 Å². The van der Waals surface area contributed by atoms with Gasteiger partial charge in [-0.2, -0.15) is 4.98 Å². The highest BCUT2D eigenvalue weighted by molar-refractivity contribution is 5.37. The minimum absolute atomic E-state index is 0.248. The fourth-order valence-electron chi connectivity index (χ4n) is 2.40. The molecule has 6 heteroatoms. The molecule has 0 amide bonds. The lowest BCUT2D eigenvalue weighted by Crippen LogP contribution is -2.18. The zero-order chi connectivity index (χ0) is 14.2. The van der Waals surface area contributed by atoms with E-state index in [1.165, 1.54) is 25.7 Å². The summed E-state index contributed by atoms with van der Waals surface area (Å²) in [4.78, 5) is 8.64. The number of anilines is 1. The van der Waals surface area contributed by atoms with Gasteiger partial charge in [0.2, 0.25) is 5.88 Å². The third-order valence-electron chi connectivity index (χ3n) is 3.42. The van der Waals surface area contributed by atoms with E-state index in [2.05, 4.69) is 15.4 Å². The lowest BCUT2D eigenvalue weighted by atomic mass is 10.1. The average molecular weight is 280 g/mol. The average Bonchev–Trinajstić information content (AvgIpc) is 2.73. The fraction of sp³-hybridized carbons (Fsp3) is 0.714. The van der Waals surface area contributed by atoms with Crippen LogP contribution >= 0.6 is 0 Å². The Labute approximate surface area is 120 Å². The minimum Gasteiger partial charge on any atom is -0.474 e. The second-order valence-corrected chi connectivity index (χ2v) is 5.02. The number of nitrogens with one attached hydrogen (secondary N) is 1. The Morgan fingerprint density at radius 3 is 2.65 bits per heavy atom. The Morgan fingerprint density at radius 1 is 1.25 bits per heavy atom. The normalized spacial score (nSPS) is 16.7. The smallest absolute Gasteiger partial charge is 0.219 e. The second-order valence-electron chi connectivity index (χ2n) is 5.02. The first kappa shape index (κ1) is 15.0. The monoisotopic (exact) mass is 280 g/mol. The van der Waals surface area contributed by atoms with Crippen molar-refractivity contribution in [3.05, 3.63) is 11.9 Å². The van der Waals surface area contributed by atoms with E-state index in [-0.39, 0.29) is 6.10 Å². The minimum atomic E-state index is 0.248. The number of nitrogens with two attached hydrogens (primary N) is 1. The molecule has 1 aromatic rings. The van der Waals surface area contributed by atoms with Crippen LogP contribution in [-0.2, 0) is 11.3 Å². The van der Waals surface area contributed by atoms with Crippen molar-refractivity contribution >= 4 is 5.82 Å². The lowest BCUT2D eigenvalue weighted by molar-refractivity contribution is 0.125. The van der Waals surface area contributed by atoms with Crippen molar-refractivity contribution in [2.75, 3.05) is 12.0 Å². The molecule has 0 unspecified atom stereocenters. The van der Waals surface area contributed by atoms with Gasteiger partial charge >= 0.3 is 0 Å². The fourth-order valence-corrected chi connectivity index (χ4v) is 2.40. The molecule has 1 aliphatic rings. The molecule has 1 heterocycles. The van der Waals surface area contributed by atoms with E-state index < -0.39 is 0 Å². The van der Waals surface area contributed by atoms with Crippen LogP contribution in [0.5, 0.6) is 5.88 Å². The van der Waals surface area contributed by atoms with E-state index in [1.807, 2.05) is 6.92 Å². The Hall–Kier alpha value is -1.40. The van der Waals surface area contributed by atoms with Crippen molar-refractivity contribution < 1.29 is 9.47 Å². The molecule has 0 atom stereocenters. The standard InChI is InChI=1S/C14H24N4O2/c1-2-19-10-13-16-12(18-15)9-14(17-13)20-11-7-5-3-4-6-8-11/h9,11H,2-8,10,15H2,1H3,(H,16,17,18). The zero-order valence-corrected chi connectivity index (χ0v) is 12.1. The molecule has 2 rings (SSSR count). The number of nitrogens with zero attached hydrogens (tertiary/aromatic N) is 2. The molecule has 0 bridgehead atoms.